The van der Waals surface area contributed by atoms with Gasteiger partial charge in [0.15, 0.2) is 0 Å². The second-order valence-corrected chi connectivity index (χ2v) is 10.1. The van der Waals surface area contributed by atoms with Crippen LogP contribution in [0.25, 0.3) is 0 Å². The highest BCUT2D eigenvalue weighted by atomic mass is 16.5. The van der Waals surface area contributed by atoms with E-state index in [1.165, 1.54) is 0 Å². The highest BCUT2D eigenvalue weighted by Gasteiger charge is 2.44. The molecule has 1 fully saturated rings. The van der Waals surface area contributed by atoms with E-state index in [0.29, 0.717) is 12.8 Å². The fourth-order valence-electron chi connectivity index (χ4n) is 4.88. The third-order valence-corrected chi connectivity index (χ3v) is 6.55. The molecule has 1 saturated heterocycles. The molecule has 1 spiro atoms. The van der Waals surface area contributed by atoms with Crippen molar-refractivity contribution in [3.63, 3.8) is 0 Å². The summed E-state index contributed by atoms with van der Waals surface area (Å²) >= 11 is 0. The number of amides is 2. The summed E-state index contributed by atoms with van der Waals surface area (Å²) in [7, 11) is 0. The van der Waals surface area contributed by atoms with E-state index < -0.39 is 0 Å². The Morgan fingerprint density at radius 1 is 1.13 bits per heavy atom. The van der Waals surface area contributed by atoms with Crippen LogP contribution in [0.3, 0.4) is 0 Å². The van der Waals surface area contributed by atoms with Crippen molar-refractivity contribution in [2.75, 3.05) is 26.2 Å². The second kappa shape index (κ2) is 8.99. The number of likely N-dealkylation sites (tertiary alicyclic amines) is 1. The monoisotopic (exact) mass is 414 g/mol. The van der Waals surface area contributed by atoms with E-state index >= 15 is 0 Å². The first-order valence-electron chi connectivity index (χ1n) is 11.5. The average Bonchev–Trinajstić information content (AvgIpc) is 2.68. The zero-order valence-electron chi connectivity index (χ0n) is 19.4. The summed E-state index contributed by atoms with van der Waals surface area (Å²) in [6.07, 6.45) is 3.60. The van der Waals surface area contributed by atoms with Gasteiger partial charge in [-0.3, -0.25) is 9.59 Å². The van der Waals surface area contributed by atoms with Gasteiger partial charge < -0.3 is 14.5 Å². The molecule has 166 valence electrons. The van der Waals surface area contributed by atoms with Crippen LogP contribution < -0.4 is 4.74 Å². The van der Waals surface area contributed by atoms with Gasteiger partial charge in [-0.1, -0.05) is 39.0 Å². The number of nitrogens with zero attached hydrogens (tertiary/aromatic N) is 2. The van der Waals surface area contributed by atoms with E-state index in [0.717, 1.165) is 56.8 Å². The molecule has 2 amide bonds. The fourth-order valence-corrected chi connectivity index (χ4v) is 4.88. The predicted molar refractivity (Wildman–Crippen MR) is 120 cm³/mol. The van der Waals surface area contributed by atoms with Gasteiger partial charge in [0, 0.05) is 57.8 Å². The maximum atomic E-state index is 12.9. The van der Waals surface area contributed by atoms with E-state index in [2.05, 4.69) is 26.8 Å². The van der Waals surface area contributed by atoms with E-state index in [4.69, 9.17) is 4.74 Å². The molecule has 5 heteroatoms. The Bertz CT molecular complexity index is 756. The van der Waals surface area contributed by atoms with Crippen molar-refractivity contribution in [3.05, 3.63) is 29.8 Å². The van der Waals surface area contributed by atoms with E-state index in [-0.39, 0.29) is 28.7 Å². The van der Waals surface area contributed by atoms with Crippen molar-refractivity contribution in [2.24, 2.45) is 5.41 Å². The third kappa shape index (κ3) is 5.16. The van der Waals surface area contributed by atoms with E-state index in [9.17, 15) is 9.59 Å². The number of ether oxygens (including phenoxy) is 1. The number of rotatable bonds is 5. The summed E-state index contributed by atoms with van der Waals surface area (Å²) in [6.45, 7) is 13.3. The number of benzene rings is 1. The Morgan fingerprint density at radius 3 is 2.37 bits per heavy atom. The summed E-state index contributed by atoms with van der Waals surface area (Å²) in [5, 5.41) is 0. The van der Waals surface area contributed by atoms with Crippen LogP contribution in [-0.4, -0.2) is 53.4 Å². The van der Waals surface area contributed by atoms with Crippen LogP contribution in [0, 0.1) is 5.41 Å². The van der Waals surface area contributed by atoms with Gasteiger partial charge in [-0.05, 0) is 37.3 Å². The van der Waals surface area contributed by atoms with Crippen molar-refractivity contribution < 1.29 is 14.3 Å². The molecule has 30 heavy (non-hydrogen) atoms. The Kier molecular flexibility index (Phi) is 6.78. The van der Waals surface area contributed by atoms with Gasteiger partial charge in [0.2, 0.25) is 11.8 Å². The third-order valence-electron chi connectivity index (χ3n) is 6.55. The van der Waals surface area contributed by atoms with E-state index in [1.807, 2.05) is 41.8 Å². The van der Waals surface area contributed by atoms with Crippen LogP contribution in [0.4, 0.5) is 0 Å². The lowest BCUT2D eigenvalue weighted by Crippen LogP contribution is -2.52. The smallest absolute Gasteiger partial charge is 0.223 e. The maximum absolute atomic E-state index is 12.9. The number of piperidine rings is 1. The highest BCUT2D eigenvalue weighted by Crippen LogP contribution is 2.46. The Balaban J connectivity index is 1.73. The highest BCUT2D eigenvalue weighted by molar-refractivity contribution is 5.78. The van der Waals surface area contributed by atoms with Crippen LogP contribution in [0.1, 0.15) is 78.2 Å². The molecule has 2 aliphatic rings. The van der Waals surface area contributed by atoms with Crippen molar-refractivity contribution in [1.82, 2.24) is 9.80 Å². The molecule has 2 heterocycles. The zero-order valence-corrected chi connectivity index (χ0v) is 19.4. The first kappa shape index (κ1) is 22.6. The minimum atomic E-state index is -0.277. The number of carbonyl (C=O) groups excluding carboxylic acids is 2. The van der Waals surface area contributed by atoms with Crippen molar-refractivity contribution in [1.29, 1.82) is 0 Å². The van der Waals surface area contributed by atoms with Crippen LogP contribution >= 0.6 is 0 Å². The summed E-state index contributed by atoms with van der Waals surface area (Å²) in [5.74, 6) is 1.53. The molecule has 3 rings (SSSR count). The largest absolute Gasteiger partial charge is 0.487 e. The second-order valence-electron chi connectivity index (χ2n) is 10.1. The van der Waals surface area contributed by atoms with Crippen molar-refractivity contribution in [3.8, 4) is 5.75 Å². The van der Waals surface area contributed by atoms with Crippen molar-refractivity contribution in [2.45, 2.75) is 78.2 Å². The Morgan fingerprint density at radius 2 is 1.77 bits per heavy atom. The number of hydrogen-bond donors (Lipinski definition) is 0. The summed E-state index contributed by atoms with van der Waals surface area (Å²) in [6, 6.07) is 8.17. The molecule has 0 N–H and O–H groups in total. The van der Waals surface area contributed by atoms with Crippen LogP contribution in [0.15, 0.2) is 24.3 Å². The molecule has 1 aromatic rings. The van der Waals surface area contributed by atoms with Crippen molar-refractivity contribution >= 4 is 11.8 Å². The minimum absolute atomic E-state index is 0.00236. The van der Waals surface area contributed by atoms with Crippen LogP contribution in [0.5, 0.6) is 5.75 Å². The molecule has 2 aliphatic heterocycles. The lowest BCUT2D eigenvalue weighted by molar-refractivity contribution is -0.137. The first-order valence-corrected chi connectivity index (χ1v) is 11.5. The summed E-state index contributed by atoms with van der Waals surface area (Å²) < 4.78 is 6.55. The standard InChI is InChI=1S/C25H38N2O3/c1-6-26(7-2)22(28)16-19-17-25(30-21-11-9-8-10-20(19)21)12-14-27(15-13-25)23(29)18-24(3,4)5/h8-11,19H,6-7,12-18H2,1-5H3. The molecule has 1 unspecified atom stereocenters. The van der Waals surface area contributed by atoms with Gasteiger partial charge in [0.25, 0.3) is 0 Å². The van der Waals surface area contributed by atoms with E-state index in [1.54, 1.807) is 0 Å². The average molecular weight is 415 g/mol. The van der Waals surface area contributed by atoms with Gasteiger partial charge in [-0.2, -0.15) is 0 Å². The Labute approximate surface area is 181 Å². The molecular weight excluding hydrogens is 376 g/mol. The quantitative estimate of drug-likeness (QED) is 0.707. The lowest BCUT2D eigenvalue weighted by atomic mass is 9.76. The first-order chi connectivity index (χ1) is 14.2. The number of carbonyl (C=O) groups is 2. The maximum Gasteiger partial charge on any atom is 0.223 e. The molecule has 0 saturated carbocycles. The number of fused-ring (bicyclic) bond motifs is 1. The van der Waals surface area contributed by atoms with Crippen LogP contribution in [-0.2, 0) is 9.59 Å². The van der Waals surface area contributed by atoms with Gasteiger partial charge in [0.1, 0.15) is 11.4 Å². The molecule has 1 aromatic carbocycles. The minimum Gasteiger partial charge on any atom is -0.487 e. The molecular formula is C25H38N2O3. The zero-order chi connectivity index (χ0) is 21.9. The summed E-state index contributed by atoms with van der Waals surface area (Å²) in [5.41, 5.74) is 0.874. The van der Waals surface area contributed by atoms with Gasteiger partial charge in [-0.15, -0.1) is 0 Å². The molecule has 0 radical (unpaired) electrons. The normalized spacial score (nSPS) is 20.4. The molecule has 1 atom stereocenters. The molecule has 0 bridgehead atoms. The fraction of sp³-hybridized carbons (Fsp3) is 0.680. The van der Waals surface area contributed by atoms with Gasteiger partial charge in [-0.25, -0.2) is 0 Å². The summed E-state index contributed by atoms with van der Waals surface area (Å²) in [4.78, 5) is 29.4. The molecule has 0 aromatic heterocycles. The number of para-hydroxylation sites is 1. The SMILES string of the molecule is CCN(CC)C(=O)CC1CC2(CCN(C(=O)CC(C)(C)C)CC2)Oc2ccccc21. The predicted octanol–water partition coefficient (Wildman–Crippen LogP) is 4.61. The molecule has 5 nitrogen and oxygen atoms in total. The number of hydrogen-bond acceptors (Lipinski definition) is 3. The topological polar surface area (TPSA) is 49.9 Å². The lowest BCUT2D eigenvalue weighted by Gasteiger charge is -2.47. The van der Waals surface area contributed by atoms with Crippen LogP contribution in [0.2, 0.25) is 0 Å². The molecule has 0 aliphatic carbocycles. The Hall–Kier alpha value is -2.04. The van der Waals surface area contributed by atoms with Gasteiger partial charge in [0.05, 0.1) is 0 Å². The van der Waals surface area contributed by atoms with Gasteiger partial charge >= 0.3 is 0 Å².